The van der Waals surface area contributed by atoms with Crippen LogP contribution in [0.15, 0.2) is 18.2 Å². The van der Waals surface area contributed by atoms with Gasteiger partial charge in [-0.25, -0.2) is 0 Å². The molecule has 1 aliphatic carbocycles. The summed E-state index contributed by atoms with van der Waals surface area (Å²) in [6.45, 7) is 5.77. The average molecular weight is 288 g/mol. The molecule has 0 heterocycles. The van der Waals surface area contributed by atoms with Crippen molar-refractivity contribution in [2.24, 2.45) is 0 Å². The summed E-state index contributed by atoms with van der Waals surface area (Å²) in [7, 11) is 0. The van der Waals surface area contributed by atoms with E-state index in [0.29, 0.717) is 6.04 Å². The van der Waals surface area contributed by atoms with Gasteiger partial charge in [-0.3, -0.25) is 9.59 Å². The maximum absolute atomic E-state index is 12.1. The fourth-order valence-electron chi connectivity index (χ4n) is 2.55. The Labute approximate surface area is 126 Å². The third-order valence-electron chi connectivity index (χ3n) is 3.86. The molecule has 1 N–H and O–H groups in total. The quantitative estimate of drug-likeness (QED) is 0.874. The number of para-hydroxylation sites is 1. The number of carbonyl (C=O) groups is 2. The molecule has 1 aromatic carbocycles. The summed E-state index contributed by atoms with van der Waals surface area (Å²) in [4.78, 5) is 25.8. The predicted molar refractivity (Wildman–Crippen MR) is 84.4 cm³/mol. The fraction of sp³-hybridized carbons (Fsp3) is 0.529. The third kappa shape index (κ3) is 3.84. The van der Waals surface area contributed by atoms with Crippen LogP contribution >= 0.6 is 0 Å². The second-order valence-corrected chi connectivity index (χ2v) is 5.58. The Morgan fingerprint density at radius 1 is 1.19 bits per heavy atom. The number of rotatable bonds is 6. The number of nitrogens with one attached hydrogen (secondary N) is 1. The summed E-state index contributed by atoms with van der Waals surface area (Å²) in [5, 5.41) is 2.95. The molecule has 1 aromatic rings. The molecule has 0 aliphatic heterocycles. The van der Waals surface area contributed by atoms with Gasteiger partial charge in [0.05, 0.1) is 5.69 Å². The molecule has 21 heavy (non-hydrogen) atoms. The van der Waals surface area contributed by atoms with E-state index in [1.807, 2.05) is 18.2 Å². The van der Waals surface area contributed by atoms with Crippen molar-refractivity contribution in [3.8, 4) is 0 Å². The molecule has 0 radical (unpaired) electrons. The van der Waals surface area contributed by atoms with Crippen molar-refractivity contribution >= 4 is 17.5 Å². The van der Waals surface area contributed by atoms with E-state index in [1.165, 1.54) is 6.92 Å². The highest BCUT2D eigenvalue weighted by Gasteiger charge is 2.26. The maximum atomic E-state index is 12.1. The number of benzene rings is 1. The molecule has 0 saturated heterocycles. The van der Waals surface area contributed by atoms with Crippen molar-refractivity contribution in [2.45, 2.75) is 52.5 Å². The summed E-state index contributed by atoms with van der Waals surface area (Å²) < 4.78 is 0. The van der Waals surface area contributed by atoms with Gasteiger partial charge in [0.25, 0.3) is 0 Å². The molecule has 4 heteroatoms. The van der Waals surface area contributed by atoms with Crippen LogP contribution in [0.1, 0.15) is 44.7 Å². The molecule has 0 unspecified atom stereocenters. The normalized spacial score (nSPS) is 13.9. The maximum Gasteiger partial charge on any atom is 0.240 e. The Bertz CT molecular complexity index is 513. The molecular weight excluding hydrogens is 264 g/mol. The first-order valence-corrected chi connectivity index (χ1v) is 7.75. The second-order valence-electron chi connectivity index (χ2n) is 5.58. The van der Waals surface area contributed by atoms with Crippen LogP contribution in [0, 0.1) is 0 Å². The van der Waals surface area contributed by atoms with Gasteiger partial charge in [0.1, 0.15) is 6.54 Å². The molecule has 4 nitrogen and oxygen atoms in total. The fourth-order valence-corrected chi connectivity index (χ4v) is 2.55. The van der Waals surface area contributed by atoms with Gasteiger partial charge in [-0.1, -0.05) is 32.0 Å². The van der Waals surface area contributed by atoms with E-state index in [9.17, 15) is 9.59 Å². The van der Waals surface area contributed by atoms with Crippen molar-refractivity contribution in [3.63, 3.8) is 0 Å². The van der Waals surface area contributed by atoms with Crippen LogP contribution in [0.25, 0.3) is 0 Å². The zero-order valence-electron chi connectivity index (χ0n) is 13.1. The Morgan fingerprint density at radius 3 is 2.19 bits per heavy atom. The van der Waals surface area contributed by atoms with Crippen LogP contribution in [0.5, 0.6) is 0 Å². The SMILES string of the molecule is CCc1cccc(CC)c1N(CC(=O)NC1CC1)C(C)=O. The highest BCUT2D eigenvalue weighted by atomic mass is 16.2. The summed E-state index contributed by atoms with van der Waals surface area (Å²) in [5.41, 5.74) is 3.15. The van der Waals surface area contributed by atoms with Gasteiger partial charge in [-0.2, -0.15) is 0 Å². The van der Waals surface area contributed by atoms with Crippen LogP contribution in [-0.2, 0) is 22.4 Å². The van der Waals surface area contributed by atoms with Crippen LogP contribution in [0.4, 0.5) is 5.69 Å². The number of anilines is 1. The summed E-state index contributed by atoms with van der Waals surface area (Å²) in [5.74, 6) is -0.155. The Balaban J connectivity index is 2.28. The lowest BCUT2D eigenvalue weighted by molar-refractivity contribution is -0.123. The first-order chi connectivity index (χ1) is 10.1. The van der Waals surface area contributed by atoms with Crippen molar-refractivity contribution < 1.29 is 9.59 Å². The van der Waals surface area contributed by atoms with Crippen molar-refractivity contribution in [1.29, 1.82) is 0 Å². The number of amides is 2. The Morgan fingerprint density at radius 2 is 1.76 bits per heavy atom. The van der Waals surface area contributed by atoms with Crippen molar-refractivity contribution in [1.82, 2.24) is 5.32 Å². The molecule has 1 aliphatic rings. The van der Waals surface area contributed by atoms with Gasteiger partial charge >= 0.3 is 0 Å². The van der Waals surface area contributed by atoms with Crippen LogP contribution in [-0.4, -0.2) is 24.4 Å². The molecule has 1 saturated carbocycles. The Kier molecular flexibility index (Phi) is 4.99. The van der Waals surface area contributed by atoms with Gasteiger partial charge in [-0.15, -0.1) is 0 Å². The lowest BCUT2D eigenvalue weighted by Gasteiger charge is -2.26. The zero-order valence-corrected chi connectivity index (χ0v) is 13.1. The molecule has 0 aromatic heterocycles. The molecule has 114 valence electrons. The first-order valence-electron chi connectivity index (χ1n) is 7.75. The predicted octanol–water partition coefficient (Wildman–Crippen LogP) is 2.44. The van der Waals surface area contributed by atoms with Crippen LogP contribution in [0.3, 0.4) is 0 Å². The molecular formula is C17H24N2O2. The smallest absolute Gasteiger partial charge is 0.240 e. The average Bonchev–Trinajstić information content (AvgIpc) is 3.27. The highest BCUT2D eigenvalue weighted by molar-refractivity contribution is 5.98. The number of aryl methyl sites for hydroxylation is 2. The van der Waals surface area contributed by atoms with Gasteiger partial charge < -0.3 is 10.2 Å². The molecule has 0 bridgehead atoms. The third-order valence-corrected chi connectivity index (χ3v) is 3.86. The summed E-state index contributed by atoms with van der Waals surface area (Å²) in [6, 6.07) is 6.40. The highest BCUT2D eigenvalue weighted by Crippen LogP contribution is 2.27. The molecule has 2 amide bonds. The van der Waals surface area contributed by atoms with E-state index in [2.05, 4.69) is 19.2 Å². The minimum atomic E-state index is -0.0865. The number of nitrogens with zero attached hydrogens (tertiary/aromatic N) is 1. The lowest BCUT2D eigenvalue weighted by Crippen LogP contribution is -2.41. The number of hydrogen-bond acceptors (Lipinski definition) is 2. The summed E-state index contributed by atoms with van der Waals surface area (Å²) in [6.07, 6.45) is 3.80. The second kappa shape index (κ2) is 6.74. The minimum absolute atomic E-state index is 0.0688. The number of carbonyl (C=O) groups excluding carboxylic acids is 2. The van der Waals surface area contributed by atoms with E-state index in [-0.39, 0.29) is 18.4 Å². The minimum Gasteiger partial charge on any atom is -0.352 e. The molecule has 1 fully saturated rings. The van der Waals surface area contributed by atoms with Gasteiger partial charge in [0.15, 0.2) is 0 Å². The topological polar surface area (TPSA) is 49.4 Å². The first kappa shape index (κ1) is 15.5. The molecule has 0 atom stereocenters. The Hall–Kier alpha value is -1.84. The van der Waals surface area contributed by atoms with E-state index in [1.54, 1.807) is 4.90 Å². The zero-order chi connectivity index (χ0) is 15.4. The van der Waals surface area contributed by atoms with E-state index in [4.69, 9.17) is 0 Å². The molecule has 0 spiro atoms. The van der Waals surface area contributed by atoms with E-state index >= 15 is 0 Å². The van der Waals surface area contributed by atoms with Gasteiger partial charge in [0.2, 0.25) is 11.8 Å². The lowest BCUT2D eigenvalue weighted by atomic mass is 10.0. The van der Waals surface area contributed by atoms with E-state index in [0.717, 1.165) is 42.5 Å². The van der Waals surface area contributed by atoms with Crippen molar-refractivity contribution in [2.75, 3.05) is 11.4 Å². The standard InChI is InChI=1S/C17H24N2O2/c1-4-13-7-6-8-14(5-2)17(13)19(12(3)20)11-16(21)18-15-9-10-15/h6-8,15H,4-5,9-11H2,1-3H3,(H,18,21). The van der Waals surface area contributed by atoms with Crippen LogP contribution in [0.2, 0.25) is 0 Å². The molecule has 2 rings (SSSR count). The van der Waals surface area contributed by atoms with Gasteiger partial charge in [-0.05, 0) is 36.8 Å². The van der Waals surface area contributed by atoms with Gasteiger partial charge in [0, 0.05) is 13.0 Å². The van der Waals surface area contributed by atoms with Crippen molar-refractivity contribution in [3.05, 3.63) is 29.3 Å². The summed E-state index contributed by atoms with van der Waals surface area (Å²) >= 11 is 0. The van der Waals surface area contributed by atoms with Crippen LogP contribution < -0.4 is 10.2 Å². The van der Waals surface area contributed by atoms with E-state index < -0.39 is 0 Å². The largest absolute Gasteiger partial charge is 0.352 e. The number of hydrogen-bond donors (Lipinski definition) is 1. The monoisotopic (exact) mass is 288 g/mol.